The van der Waals surface area contributed by atoms with Crippen LogP contribution in [0.5, 0.6) is 0 Å². The number of thioether (sulfide) groups is 1. The van der Waals surface area contributed by atoms with Crippen molar-refractivity contribution in [2.45, 2.75) is 30.7 Å². The largest absolute Gasteiger partial charge is 0.365 e. The third kappa shape index (κ3) is 4.15. The third-order valence-electron chi connectivity index (χ3n) is 5.36. The molecule has 32 heavy (non-hydrogen) atoms. The number of hydrogen-bond donors (Lipinski definition) is 2. The lowest BCUT2D eigenvalue weighted by Gasteiger charge is -2.11. The van der Waals surface area contributed by atoms with Gasteiger partial charge in [-0.2, -0.15) is 0 Å². The second-order valence-corrected chi connectivity index (χ2v) is 10.6. The zero-order valence-corrected chi connectivity index (χ0v) is 19.5. The van der Waals surface area contributed by atoms with Crippen molar-refractivity contribution in [3.63, 3.8) is 0 Å². The first-order valence-corrected chi connectivity index (χ1v) is 12.9. The summed E-state index contributed by atoms with van der Waals surface area (Å²) in [5, 5.41) is 5.20. The second-order valence-electron chi connectivity index (χ2n) is 7.49. The minimum absolute atomic E-state index is 0.179. The summed E-state index contributed by atoms with van der Waals surface area (Å²) in [7, 11) is 0. The number of fused-ring (bicyclic) bond motifs is 2. The summed E-state index contributed by atoms with van der Waals surface area (Å²) in [5.41, 5.74) is 8.26. The molecule has 162 valence electrons. The van der Waals surface area contributed by atoms with Crippen LogP contribution in [0.25, 0.3) is 20.7 Å². The van der Waals surface area contributed by atoms with Crippen LogP contribution in [0, 0.1) is 0 Å². The molecule has 0 saturated heterocycles. The van der Waals surface area contributed by atoms with E-state index in [4.69, 9.17) is 5.73 Å². The lowest BCUT2D eigenvalue weighted by Crippen LogP contribution is -2.19. The van der Waals surface area contributed by atoms with Gasteiger partial charge in [-0.3, -0.25) is 9.59 Å². The number of amides is 2. The predicted molar refractivity (Wildman–Crippen MR) is 132 cm³/mol. The van der Waals surface area contributed by atoms with Crippen LogP contribution >= 0.6 is 34.4 Å². The molecule has 0 aliphatic heterocycles. The van der Waals surface area contributed by atoms with E-state index in [-0.39, 0.29) is 11.7 Å². The van der Waals surface area contributed by atoms with Crippen molar-refractivity contribution < 1.29 is 9.59 Å². The van der Waals surface area contributed by atoms with Crippen LogP contribution in [0.3, 0.4) is 0 Å². The summed E-state index contributed by atoms with van der Waals surface area (Å²) in [5.74, 6) is -0.471. The molecule has 5 rings (SSSR count). The number of nitrogens with two attached hydrogens (primary N) is 1. The van der Waals surface area contributed by atoms with Gasteiger partial charge in [-0.15, -0.1) is 22.7 Å². The number of aryl methyl sites for hydroxylation is 1. The monoisotopic (exact) mass is 480 g/mol. The molecule has 0 fully saturated rings. The molecule has 3 N–H and O–H groups in total. The summed E-state index contributed by atoms with van der Waals surface area (Å²) in [6, 6.07) is 12.2. The molecule has 0 unspecified atom stereocenters. The summed E-state index contributed by atoms with van der Waals surface area (Å²) >= 11 is 4.45. The maximum atomic E-state index is 12.7. The first-order valence-electron chi connectivity index (χ1n) is 10.3. The van der Waals surface area contributed by atoms with E-state index < -0.39 is 5.91 Å². The Morgan fingerprint density at radius 2 is 1.91 bits per heavy atom. The summed E-state index contributed by atoms with van der Waals surface area (Å²) in [6.07, 6.45) is 5.46. The lowest BCUT2D eigenvalue weighted by molar-refractivity contribution is -0.113. The Morgan fingerprint density at radius 3 is 2.72 bits per heavy atom. The van der Waals surface area contributed by atoms with Crippen molar-refractivity contribution in [2.75, 3.05) is 11.1 Å². The minimum Gasteiger partial charge on any atom is -0.365 e. The van der Waals surface area contributed by atoms with Gasteiger partial charge in [0.15, 0.2) is 0 Å². The van der Waals surface area contributed by atoms with Crippen molar-refractivity contribution in [3.8, 4) is 10.4 Å². The summed E-state index contributed by atoms with van der Waals surface area (Å²) < 4.78 is 0. The molecule has 1 aliphatic rings. The number of hydrogen-bond acceptors (Lipinski definition) is 7. The van der Waals surface area contributed by atoms with Gasteiger partial charge < -0.3 is 11.1 Å². The molecule has 2 amide bonds. The molecule has 1 aromatic carbocycles. The standard InChI is InChI=1S/C23H20N4O2S3/c24-20(29)19-14-8-4-5-9-16(14)31-23(19)27-18(28)11-30-21-15-10-17(13-6-2-1-3-7-13)32-22(15)26-12-25-21/h1-3,6-7,10,12H,4-5,8-9,11H2,(H2,24,29)(H,27,28). The van der Waals surface area contributed by atoms with Crippen molar-refractivity contribution in [1.82, 2.24) is 9.97 Å². The van der Waals surface area contributed by atoms with Crippen LogP contribution < -0.4 is 11.1 Å². The Kier molecular flexibility index (Phi) is 5.95. The Morgan fingerprint density at radius 1 is 1.09 bits per heavy atom. The topological polar surface area (TPSA) is 98.0 Å². The van der Waals surface area contributed by atoms with Crippen LogP contribution in [0.1, 0.15) is 33.6 Å². The lowest BCUT2D eigenvalue weighted by atomic mass is 9.95. The zero-order chi connectivity index (χ0) is 22.1. The van der Waals surface area contributed by atoms with Gasteiger partial charge in [-0.05, 0) is 42.9 Å². The zero-order valence-electron chi connectivity index (χ0n) is 17.1. The van der Waals surface area contributed by atoms with Gasteiger partial charge in [0.25, 0.3) is 5.91 Å². The highest BCUT2D eigenvalue weighted by molar-refractivity contribution is 8.00. The van der Waals surface area contributed by atoms with E-state index >= 15 is 0 Å². The van der Waals surface area contributed by atoms with Gasteiger partial charge in [0.1, 0.15) is 21.2 Å². The van der Waals surface area contributed by atoms with E-state index in [1.54, 1.807) is 11.3 Å². The molecule has 0 saturated carbocycles. The van der Waals surface area contributed by atoms with E-state index in [1.165, 1.54) is 29.4 Å². The van der Waals surface area contributed by atoms with E-state index in [9.17, 15) is 9.59 Å². The Labute approximate surface area is 197 Å². The number of anilines is 1. The number of nitrogens with zero attached hydrogens (tertiary/aromatic N) is 2. The molecule has 4 aromatic rings. The number of benzene rings is 1. The normalized spacial score (nSPS) is 13.1. The highest BCUT2D eigenvalue weighted by atomic mass is 32.2. The molecule has 9 heteroatoms. The highest BCUT2D eigenvalue weighted by Crippen LogP contribution is 2.39. The SMILES string of the molecule is NC(=O)c1c(NC(=O)CSc2ncnc3sc(-c4ccccc4)cc23)sc2c1CCCC2. The van der Waals surface area contributed by atoms with Gasteiger partial charge in [0.2, 0.25) is 5.91 Å². The number of primary amides is 1. The van der Waals surface area contributed by atoms with Crippen LogP contribution in [-0.2, 0) is 17.6 Å². The van der Waals surface area contributed by atoms with Crippen molar-refractivity contribution in [3.05, 3.63) is 58.7 Å². The molecule has 3 aromatic heterocycles. The first kappa shape index (κ1) is 21.1. The van der Waals surface area contributed by atoms with Crippen LogP contribution in [0.4, 0.5) is 5.00 Å². The van der Waals surface area contributed by atoms with Gasteiger partial charge in [-0.1, -0.05) is 42.1 Å². The Balaban J connectivity index is 1.33. The molecule has 0 bridgehead atoms. The molecule has 1 aliphatic carbocycles. The van der Waals surface area contributed by atoms with E-state index in [1.807, 2.05) is 18.2 Å². The highest BCUT2D eigenvalue weighted by Gasteiger charge is 2.25. The summed E-state index contributed by atoms with van der Waals surface area (Å²) in [6.45, 7) is 0. The Bertz CT molecular complexity index is 1310. The Hall–Kier alpha value is -2.75. The van der Waals surface area contributed by atoms with E-state index in [2.05, 4.69) is 33.5 Å². The molecule has 0 radical (unpaired) electrons. The van der Waals surface area contributed by atoms with Crippen LogP contribution in [0.2, 0.25) is 0 Å². The average molecular weight is 481 g/mol. The second kappa shape index (κ2) is 9.01. The first-order chi connectivity index (χ1) is 15.6. The fourth-order valence-corrected chi connectivity index (χ4v) is 7.06. The number of thiophene rings is 2. The van der Waals surface area contributed by atoms with Gasteiger partial charge in [0, 0.05) is 15.1 Å². The quantitative estimate of drug-likeness (QED) is 0.295. The van der Waals surface area contributed by atoms with Gasteiger partial charge in [-0.25, -0.2) is 9.97 Å². The van der Waals surface area contributed by atoms with Gasteiger partial charge >= 0.3 is 0 Å². The minimum atomic E-state index is -0.475. The van der Waals surface area contributed by atoms with E-state index in [0.29, 0.717) is 10.6 Å². The third-order valence-corrected chi connectivity index (χ3v) is 8.67. The number of nitrogens with one attached hydrogen (secondary N) is 1. The molecular formula is C23H20N4O2S3. The predicted octanol–water partition coefficient (Wildman–Crippen LogP) is 5.13. The summed E-state index contributed by atoms with van der Waals surface area (Å²) in [4.78, 5) is 36.7. The van der Waals surface area contributed by atoms with Gasteiger partial charge in [0.05, 0.1) is 11.3 Å². The van der Waals surface area contributed by atoms with E-state index in [0.717, 1.165) is 61.8 Å². The maximum Gasteiger partial charge on any atom is 0.251 e. The number of carbonyl (C=O) groups is 2. The smallest absolute Gasteiger partial charge is 0.251 e. The molecule has 0 atom stereocenters. The molecule has 3 heterocycles. The number of carbonyl (C=O) groups excluding carboxylic acids is 2. The van der Waals surface area contributed by atoms with Crippen LogP contribution in [0.15, 0.2) is 47.8 Å². The fraction of sp³-hybridized carbons (Fsp3) is 0.217. The van der Waals surface area contributed by atoms with Crippen molar-refractivity contribution in [2.24, 2.45) is 5.73 Å². The van der Waals surface area contributed by atoms with Crippen molar-refractivity contribution >= 4 is 61.5 Å². The molecule has 6 nitrogen and oxygen atoms in total. The van der Waals surface area contributed by atoms with Crippen LogP contribution in [-0.4, -0.2) is 27.5 Å². The number of aromatic nitrogens is 2. The average Bonchev–Trinajstić information content (AvgIpc) is 3.40. The van der Waals surface area contributed by atoms with Crippen molar-refractivity contribution in [1.29, 1.82) is 0 Å². The fourth-order valence-electron chi connectivity index (χ4n) is 3.90. The molecular weight excluding hydrogens is 460 g/mol. The maximum absolute atomic E-state index is 12.7. The molecule has 0 spiro atoms. The number of rotatable bonds is 6.